The van der Waals surface area contributed by atoms with Gasteiger partial charge in [0.25, 0.3) is 11.6 Å². The Morgan fingerprint density at radius 3 is 2.52 bits per heavy atom. The van der Waals surface area contributed by atoms with Crippen molar-refractivity contribution in [1.82, 2.24) is 10.3 Å². The number of hydrogen-bond acceptors (Lipinski definition) is 7. The maximum absolute atomic E-state index is 12.8. The number of aromatic nitrogens is 1. The highest BCUT2D eigenvalue weighted by Gasteiger charge is 2.25. The summed E-state index contributed by atoms with van der Waals surface area (Å²) in [5.74, 6) is 0.729. The summed E-state index contributed by atoms with van der Waals surface area (Å²) in [6, 6.07) is 18.2. The minimum Gasteiger partial charge on any atom is -0.440 e. The number of nitro groups is 1. The highest BCUT2D eigenvalue weighted by Crippen LogP contribution is 2.32. The molecule has 0 saturated carbocycles. The molecule has 1 aromatic heterocycles. The lowest BCUT2D eigenvalue weighted by Gasteiger charge is -2.31. The van der Waals surface area contributed by atoms with Gasteiger partial charge >= 0.3 is 0 Å². The highest BCUT2D eigenvalue weighted by molar-refractivity contribution is 7.80. The van der Waals surface area contributed by atoms with Crippen LogP contribution in [0, 0.1) is 16.0 Å². The van der Waals surface area contributed by atoms with Gasteiger partial charge in [-0.15, -0.1) is 0 Å². The Bertz CT molecular complexity index is 1560. The van der Waals surface area contributed by atoms with Crippen LogP contribution in [-0.2, 0) is 12.8 Å². The monoisotopic (exact) mass is 557 g/mol. The van der Waals surface area contributed by atoms with E-state index < -0.39 is 10.8 Å². The summed E-state index contributed by atoms with van der Waals surface area (Å²) in [4.78, 5) is 30.8. The highest BCUT2D eigenvalue weighted by atomic mass is 32.1. The van der Waals surface area contributed by atoms with Crippen LogP contribution in [-0.4, -0.2) is 34.0 Å². The molecule has 9 nitrogen and oxygen atoms in total. The van der Waals surface area contributed by atoms with Gasteiger partial charge in [0.1, 0.15) is 11.2 Å². The topological polar surface area (TPSA) is 114 Å². The Balaban J connectivity index is 1.19. The number of carbonyl (C=O) groups is 1. The fourth-order valence-corrected chi connectivity index (χ4v) is 5.07. The number of rotatable bonds is 7. The molecule has 0 unspecified atom stereocenters. The molecule has 1 aliphatic rings. The van der Waals surface area contributed by atoms with Crippen molar-refractivity contribution in [2.24, 2.45) is 5.92 Å². The van der Waals surface area contributed by atoms with Crippen molar-refractivity contribution < 1.29 is 14.1 Å². The van der Waals surface area contributed by atoms with E-state index in [2.05, 4.69) is 29.5 Å². The Morgan fingerprint density at radius 1 is 1.10 bits per heavy atom. The number of piperidine rings is 1. The van der Waals surface area contributed by atoms with Gasteiger partial charge in [0.15, 0.2) is 16.6 Å². The number of benzene rings is 3. The molecule has 0 bridgehead atoms. The first-order chi connectivity index (χ1) is 19.3. The number of nitrogens with one attached hydrogen (secondary N) is 2. The van der Waals surface area contributed by atoms with E-state index in [0.29, 0.717) is 29.6 Å². The summed E-state index contributed by atoms with van der Waals surface area (Å²) >= 11 is 5.32. The van der Waals surface area contributed by atoms with Crippen LogP contribution in [0.3, 0.4) is 0 Å². The molecule has 2 heterocycles. The van der Waals surface area contributed by atoms with E-state index in [4.69, 9.17) is 16.6 Å². The van der Waals surface area contributed by atoms with Crippen molar-refractivity contribution in [1.29, 1.82) is 0 Å². The van der Waals surface area contributed by atoms with Crippen LogP contribution >= 0.6 is 12.2 Å². The van der Waals surface area contributed by atoms with Crippen molar-refractivity contribution in [2.45, 2.75) is 39.5 Å². The van der Waals surface area contributed by atoms with E-state index in [1.54, 1.807) is 12.1 Å². The van der Waals surface area contributed by atoms with Gasteiger partial charge < -0.3 is 14.6 Å². The zero-order chi connectivity index (χ0) is 28.2. The molecule has 1 amide bonds. The van der Waals surface area contributed by atoms with Crippen LogP contribution < -0.4 is 15.5 Å². The second-order valence-corrected chi connectivity index (χ2v) is 10.6. The molecule has 40 heavy (non-hydrogen) atoms. The molecule has 4 aromatic rings. The zero-order valence-corrected chi connectivity index (χ0v) is 23.3. The minimum atomic E-state index is -0.516. The first-order valence-corrected chi connectivity index (χ1v) is 13.8. The van der Waals surface area contributed by atoms with E-state index in [0.717, 1.165) is 49.0 Å². The molecule has 5 rings (SSSR count). The van der Waals surface area contributed by atoms with Crippen molar-refractivity contribution in [3.63, 3.8) is 0 Å². The molecule has 2 N–H and O–H groups in total. The number of aryl methyl sites for hydroxylation is 1. The molecule has 0 spiro atoms. The Hall–Kier alpha value is -4.31. The predicted octanol–water partition coefficient (Wildman–Crippen LogP) is 6.25. The van der Waals surface area contributed by atoms with E-state index in [1.165, 1.54) is 11.6 Å². The quantitative estimate of drug-likeness (QED) is 0.156. The summed E-state index contributed by atoms with van der Waals surface area (Å²) in [6.45, 7) is 5.81. The SMILES string of the molecule is CCc1ccc2oc(Cc3ccc(NC(=S)NC(=O)c4ccc(N5CCC(C)CC5)c([N+](=O)[O-])c4)cc3)nc2c1. The third-order valence-corrected chi connectivity index (χ3v) is 7.46. The lowest BCUT2D eigenvalue weighted by atomic mass is 9.98. The number of nitro benzene ring substituents is 1. The van der Waals surface area contributed by atoms with Gasteiger partial charge in [0.05, 0.1) is 4.92 Å². The van der Waals surface area contributed by atoms with Crippen LogP contribution in [0.15, 0.2) is 65.1 Å². The molecule has 1 saturated heterocycles. The number of hydrogen-bond donors (Lipinski definition) is 2. The number of oxazole rings is 1. The fourth-order valence-electron chi connectivity index (χ4n) is 4.86. The Kier molecular flexibility index (Phi) is 8.06. The zero-order valence-electron chi connectivity index (χ0n) is 22.5. The summed E-state index contributed by atoms with van der Waals surface area (Å²) in [6.07, 6.45) is 3.45. The molecule has 1 fully saturated rings. The van der Waals surface area contributed by atoms with Crippen molar-refractivity contribution in [2.75, 3.05) is 23.3 Å². The fraction of sp³-hybridized carbons (Fsp3) is 0.300. The van der Waals surface area contributed by atoms with Gasteiger partial charge in [0.2, 0.25) is 0 Å². The molecular formula is C30H31N5O4S. The van der Waals surface area contributed by atoms with Crippen LogP contribution in [0.25, 0.3) is 11.1 Å². The summed E-state index contributed by atoms with van der Waals surface area (Å²) in [5, 5.41) is 17.5. The molecule has 206 valence electrons. The summed E-state index contributed by atoms with van der Waals surface area (Å²) in [5.41, 5.74) is 5.18. The standard InChI is InChI=1S/C30H31N5O4S/c1-3-20-6-11-27-24(16-20)32-28(39-27)17-21-4-8-23(9-5-21)31-30(40)33-29(36)22-7-10-25(26(18-22)35(37)38)34-14-12-19(2)13-15-34/h4-11,16,18-19H,3,12-15,17H2,1-2H3,(H2,31,33,36,40). The van der Waals surface area contributed by atoms with Crippen molar-refractivity contribution in [3.8, 4) is 0 Å². The van der Waals surface area contributed by atoms with Gasteiger partial charge in [-0.1, -0.05) is 32.0 Å². The first-order valence-electron chi connectivity index (χ1n) is 13.4. The van der Waals surface area contributed by atoms with E-state index in [-0.39, 0.29) is 16.4 Å². The van der Waals surface area contributed by atoms with Gasteiger partial charge in [-0.05, 0) is 84.9 Å². The van der Waals surface area contributed by atoms with E-state index in [1.807, 2.05) is 47.4 Å². The maximum Gasteiger partial charge on any atom is 0.293 e. The number of amides is 1. The maximum atomic E-state index is 12.8. The molecule has 0 atom stereocenters. The number of fused-ring (bicyclic) bond motifs is 1. The average molecular weight is 558 g/mol. The van der Waals surface area contributed by atoms with Gasteiger partial charge in [-0.25, -0.2) is 4.98 Å². The lowest BCUT2D eigenvalue weighted by molar-refractivity contribution is -0.384. The van der Waals surface area contributed by atoms with Crippen LogP contribution in [0.5, 0.6) is 0 Å². The second-order valence-electron chi connectivity index (χ2n) is 10.2. The van der Waals surface area contributed by atoms with Crippen molar-refractivity contribution >= 4 is 51.4 Å². The van der Waals surface area contributed by atoms with Crippen LogP contribution in [0.1, 0.15) is 54.1 Å². The largest absolute Gasteiger partial charge is 0.440 e. The molecule has 10 heteroatoms. The normalized spacial score (nSPS) is 13.8. The van der Waals surface area contributed by atoms with E-state index >= 15 is 0 Å². The third kappa shape index (κ3) is 6.28. The van der Waals surface area contributed by atoms with Crippen LogP contribution in [0.2, 0.25) is 0 Å². The van der Waals surface area contributed by atoms with Gasteiger partial charge in [-0.3, -0.25) is 20.2 Å². The molecule has 0 aliphatic carbocycles. The number of carbonyl (C=O) groups excluding carboxylic acids is 1. The molecule has 1 aliphatic heterocycles. The first kappa shape index (κ1) is 27.3. The number of anilines is 2. The average Bonchev–Trinajstić information content (AvgIpc) is 3.35. The van der Waals surface area contributed by atoms with Crippen molar-refractivity contribution in [3.05, 3.63) is 93.4 Å². The molecular weight excluding hydrogens is 526 g/mol. The van der Waals surface area contributed by atoms with Gasteiger partial charge in [0, 0.05) is 36.8 Å². The smallest absolute Gasteiger partial charge is 0.293 e. The molecule has 3 aromatic carbocycles. The second kappa shape index (κ2) is 11.8. The Labute approximate surface area is 237 Å². The number of thiocarbonyl (C=S) groups is 1. The minimum absolute atomic E-state index is 0.0820. The predicted molar refractivity (Wildman–Crippen MR) is 160 cm³/mol. The Morgan fingerprint density at radius 2 is 1.82 bits per heavy atom. The number of nitrogens with zero attached hydrogens (tertiary/aromatic N) is 3. The third-order valence-electron chi connectivity index (χ3n) is 7.26. The summed E-state index contributed by atoms with van der Waals surface area (Å²) in [7, 11) is 0. The van der Waals surface area contributed by atoms with Gasteiger partial charge in [-0.2, -0.15) is 0 Å². The lowest BCUT2D eigenvalue weighted by Crippen LogP contribution is -2.35. The van der Waals surface area contributed by atoms with Crippen LogP contribution in [0.4, 0.5) is 17.1 Å². The summed E-state index contributed by atoms with van der Waals surface area (Å²) < 4.78 is 5.88. The van der Waals surface area contributed by atoms with E-state index in [9.17, 15) is 14.9 Å². The molecule has 0 radical (unpaired) electrons.